The first kappa shape index (κ1) is 15.7. The lowest BCUT2D eigenvalue weighted by Crippen LogP contribution is -2.51. The summed E-state index contributed by atoms with van der Waals surface area (Å²) in [4.78, 5) is 22.2. The SMILES string of the molecule is C=CCO[C@H]1C[C@@H](OC(C)=O)[C@H](OC(C)=O)[C@@H](C)O1. The normalized spacial score (nSPS) is 30.5. The molecule has 1 fully saturated rings. The van der Waals surface area contributed by atoms with Gasteiger partial charge in [-0.2, -0.15) is 0 Å². The minimum atomic E-state index is -0.620. The second-order valence-corrected chi connectivity index (χ2v) is 4.35. The number of hydrogen-bond acceptors (Lipinski definition) is 6. The lowest BCUT2D eigenvalue weighted by Gasteiger charge is -2.38. The molecule has 0 amide bonds. The van der Waals surface area contributed by atoms with E-state index in [-0.39, 0.29) is 0 Å². The molecule has 1 heterocycles. The Morgan fingerprint density at radius 3 is 2.47 bits per heavy atom. The van der Waals surface area contributed by atoms with Gasteiger partial charge in [0.2, 0.25) is 0 Å². The summed E-state index contributed by atoms with van der Waals surface area (Å²) in [6, 6.07) is 0. The molecule has 6 heteroatoms. The van der Waals surface area contributed by atoms with Crippen molar-refractivity contribution in [3.05, 3.63) is 12.7 Å². The lowest BCUT2D eigenvalue weighted by atomic mass is 10.0. The van der Waals surface area contributed by atoms with E-state index in [0.717, 1.165) is 0 Å². The highest BCUT2D eigenvalue weighted by atomic mass is 16.7. The predicted molar refractivity (Wildman–Crippen MR) is 66.2 cm³/mol. The van der Waals surface area contributed by atoms with E-state index in [1.54, 1.807) is 13.0 Å². The number of hydrogen-bond donors (Lipinski definition) is 0. The van der Waals surface area contributed by atoms with Gasteiger partial charge in [0.25, 0.3) is 0 Å². The smallest absolute Gasteiger partial charge is 0.303 e. The molecule has 0 radical (unpaired) electrons. The molecule has 0 spiro atoms. The molecule has 0 aliphatic carbocycles. The Kier molecular flexibility index (Phi) is 5.98. The van der Waals surface area contributed by atoms with Gasteiger partial charge in [0, 0.05) is 20.3 Å². The number of esters is 2. The minimum Gasteiger partial charge on any atom is -0.458 e. The second-order valence-electron chi connectivity index (χ2n) is 4.35. The summed E-state index contributed by atoms with van der Waals surface area (Å²) >= 11 is 0. The first-order chi connectivity index (χ1) is 8.93. The van der Waals surface area contributed by atoms with E-state index in [0.29, 0.717) is 13.0 Å². The van der Waals surface area contributed by atoms with Crippen molar-refractivity contribution >= 4 is 11.9 Å². The monoisotopic (exact) mass is 272 g/mol. The van der Waals surface area contributed by atoms with Crippen molar-refractivity contribution in [2.24, 2.45) is 0 Å². The van der Waals surface area contributed by atoms with E-state index in [1.165, 1.54) is 13.8 Å². The molecule has 4 atom stereocenters. The van der Waals surface area contributed by atoms with Gasteiger partial charge in [-0.3, -0.25) is 9.59 Å². The molecular formula is C13H20O6. The van der Waals surface area contributed by atoms with Gasteiger partial charge in [0.15, 0.2) is 12.4 Å². The molecule has 108 valence electrons. The fraction of sp³-hybridized carbons (Fsp3) is 0.692. The Bertz CT molecular complexity index is 340. The summed E-state index contributed by atoms with van der Waals surface area (Å²) < 4.78 is 21.3. The Morgan fingerprint density at radius 2 is 1.95 bits per heavy atom. The van der Waals surface area contributed by atoms with Crippen LogP contribution in [0.1, 0.15) is 27.2 Å². The van der Waals surface area contributed by atoms with Crippen LogP contribution in [0.4, 0.5) is 0 Å². The molecule has 0 bridgehead atoms. The summed E-state index contributed by atoms with van der Waals surface area (Å²) in [5.74, 6) is -0.873. The van der Waals surface area contributed by atoms with E-state index in [9.17, 15) is 9.59 Å². The van der Waals surface area contributed by atoms with Gasteiger partial charge in [-0.05, 0) is 6.92 Å². The number of rotatable bonds is 5. The molecule has 0 unspecified atom stereocenters. The quantitative estimate of drug-likeness (QED) is 0.553. The van der Waals surface area contributed by atoms with Crippen LogP contribution in [0.15, 0.2) is 12.7 Å². The van der Waals surface area contributed by atoms with Crippen molar-refractivity contribution in [3.63, 3.8) is 0 Å². The van der Waals surface area contributed by atoms with Gasteiger partial charge < -0.3 is 18.9 Å². The molecule has 0 saturated carbocycles. The Hall–Kier alpha value is -1.40. The van der Waals surface area contributed by atoms with Crippen LogP contribution < -0.4 is 0 Å². The summed E-state index contributed by atoms with van der Waals surface area (Å²) in [7, 11) is 0. The van der Waals surface area contributed by atoms with E-state index < -0.39 is 36.5 Å². The average molecular weight is 272 g/mol. The maximum absolute atomic E-state index is 11.1. The highest BCUT2D eigenvalue weighted by Crippen LogP contribution is 2.26. The molecule has 0 aromatic carbocycles. The highest BCUT2D eigenvalue weighted by molar-refractivity contribution is 5.67. The predicted octanol–water partition coefficient (Wildman–Crippen LogP) is 1.19. The number of ether oxygens (including phenoxy) is 4. The summed E-state index contributed by atoms with van der Waals surface area (Å²) in [5, 5.41) is 0. The minimum absolute atomic E-state index is 0.315. The first-order valence-electron chi connectivity index (χ1n) is 6.16. The third-order valence-electron chi connectivity index (χ3n) is 2.64. The summed E-state index contributed by atoms with van der Waals surface area (Å²) in [6.07, 6.45) is -0.200. The molecule has 6 nitrogen and oxygen atoms in total. The molecule has 0 aromatic heterocycles. The van der Waals surface area contributed by atoms with Gasteiger partial charge in [0.05, 0.1) is 12.7 Å². The topological polar surface area (TPSA) is 71.1 Å². The van der Waals surface area contributed by atoms with Crippen molar-refractivity contribution in [1.82, 2.24) is 0 Å². The zero-order chi connectivity index (χ0) is 14.4. The maximum Gasteiger partial charge on any atom is 0.303 e. The fourth-order valence-corrected chi connectivity index (χ4v) is 1.97. The summed E-state index contributed by atoms with van der Waals surface area (Å²) in [5.41, 5.74) is 0. The van der Waals surface area contributed by atoms with Crippen molar-refractivity contribution in [2.75, 3.05) is 6.61 Å². The van der Waals surface area contributed by atoms with Gasteiger partial charge >= 0.3 is 11.9 Å². The standard InChI is InChI=1S/C13H20O6/c1-5-6-16-12-7-11(18-9(3)14)13(8(2)17-12)19-10(4)15/h5,8,11-13H,1,6-7H2,2-4H3/t8-,11-,12-,13-/m1/s1. The van der Waals surface area contributed by atoms with E-state index >= 15 is 0 Å². The molecule has 19 heavy (non-hydrogen) atoms. The van der Waals surface area contributed by atoms with Crippen molar-refractivity contribution < 1.29 is 28.5 Å². The molecule has 1 saturated heterocycles. The number of carbonyl (C=O) groups is 2. The van der Waals surface area contributed by atoms with Gasteiger partial charge in [-0.25, -0.2) is 0 Å². The second kappa shape index (κ2) is 7.25. The van der Waals surface area contributed by atoms with E-state index in [4.69, 9.17) is 18.9 Å². The van der Waals surface area contributed by atoms with Gasteiger partial charge in [0.1, 0.15) is 6.10 Å². The van der Waals surface area contributed by atoms with Gasteiger partial charge in [-0.1, -0.05) is 6.08 Å². The molecular weight excluding hydrogens is 252 g/mol. The first-order valence-corrected chi connectivity index (χ1v) is 6.16. The van der Waals surface area contributed by atoms with Crippen LogP contribution in [-0.4, -0.2) is 43.1 Å². The van der Waals surface area contributed by atoms with Crippen LogP contribution in [0.5, 0.6) is 0 Å². The summed E-state index contributed by atoms with van der Waals surface area (Å²) in [6.45, 7) is 8.24. The highest BCUT2D eigenvalue weighted by Gasteiger charge is 2.41. The third kappa shape index (κ3) is 5.00. The van der Waals surface area contributed by atoms with Crippen LogP contribution in [0, 0.1) is 0 Å². The van der Waals surface area contributed by atoms with Crippen molar-refractivity contribution in [2.45, 2.75) is 51.8 Å². The van der Waals surface area contributed by atoms with E-state index in [1.807, 2.05) is 0 Å². The zero-order valence-corrected chi connectivity index (χ0v) is 11.5. The molecule has 1 aliphatic rings. The lowest BCUT2D eigenvalue weighted by molar-refractivity contribution is -0.252. The van der Waals surface area contributed by atoms with Crippen LogP contribution in [-0.2, 0) is 28.5 Å². The largest absolute Gasteiger partial charge is 0.458 e. The van der Waals surface area contributed by atoms with Crippen LogP contribution in [0.3, 0.4) is 0 Å². The molecule has 0 aromatic rings. The van der Waals surface area contributed by atoms with Crippen LogP contribution in [0.2, 0.25) is 0 Å². The Labute approximate surface area is 112 Å². The molecule has 0 N–H and O–H groups in total. The molecule has 1 rings (SSSR count). The Morgan fingerprint density at radius 1 is 1.32 bits per heavy atom. The third-order valence-corrected chi connectivity index (χ3v) is 2.64. The van der Waals surface area contributed by atoms with Crippen molar-refractivity contribution in [1.29, 1.82) is 0 Å². The van der Waals surface area contributed by atoms with Crippen LogP contribution >= 0.6 is 0 Å². The van der Waals surface area contributed by atoms with Crippen molar-refractivity contribution in [3.8, 4) is 0 Å². The maximum atomic E-state index is 11.1. The zero-order valence-electron chi connectivity index (χ0n) is 11.5. The van der Waals surface area contributed by atoms with Gasteiger partial charge in [-0.15, -0.1) is 6.58 Å². The Balaban J connectivity index is 2.71. The number of carbonyl (C=O) groups excluding carboxylic acids is 2. The van der Waals surface area contributed by atoms with Crippen LogP contribution in [0.25, 0.3) is 0 Å². The fourth-order valence-electron chi connectivity index (χ4n) is 1.97. The van der Waals surface area contributed by atoms with E-state index in [2.05, 4.69) is 6.58 Å². The molecule has 1 aliphatic heterocycles. The average Bonchev–Trinajstić information content (AvgIpc) is 2.30.